The Morgan fingerprint density at radius 3 is 2.65 bits per heavy atom. The molecule has 1 fully saturated rings. The van der Waals surface area contributed by atoms with Crippen molar-refractivity contribution in [2.45, 2.75) is 12.7 Å². The van der Waals surface area contributed by atoms with Gasteiger partial charge in [-0.2, -0.15) is 8.78 Å². The van der Waals surface area contributed by atoms with Gasteiger partial charge < -0.3 is 30.5 Å². The highest BCUT2D eigenvalue weighted by Crippen LogP contribution is 2.45. The van der Waals surface area contributed by atoms with Crippen LogP contribution in [0.15, 0.2) is 47.1 Å². The third-order valence-corrected chi connectivity index (χ3v) is 6.00. The van der Waals surface area contributed by atoms with Gasteiger partial charge in [-0.1, -0.05) is 17.3 Å². The molecule has 0 aliphatic carbocycles. The minimum Gasteiger partial charge on any atom is -0.433 e. The van der Waals surface area contributed by atoms with Crippen molar-refractivity contribution >= 4 is 28.0 Å². The number of alkyl halides is 2. The average Bonchev–Trinajstić information content (AvgIpc) is 3.20. The van der Waals surface area contributed by atoms with E-state index < -0.39 is 6.61 Å². The molecule has 11 heteroatoms. The second kappa shape index (κ2) is 8.41. The molecule has 0 saturated carbocycles. The smallest absolute Gasteiger partial charge is 0.387 e. The van der Waals surface area contributed by atoms with E-state index in [1.54, 1.807) is 12.1 Å². The normalized spacial score (nSPS) is 14.2. The van der Waals surface area contributed by atoms with Gasteiger partial charge in [-0.3, -0.25) is 0 Å². The lowest BCUT2D eigenvalue weighted by Gasteiger charge is -2.45. The van der Waals surface area contributed by atoms with Crippen LogP contribution in [0.5, 0.6) is 5.75 Å². The number of aromatic nitrogens is 3. The Morgan fingerprint density at radius 2 is 1.91 bits per heavy atom. The van der Waals surface area contributed by atoms with Gasteiger partial charge in [0.1, 0.15) is 5.69 Å². The van der Waals surface area contributed by atoms with Gasteiger partial charge in [-0.15, -0.1) is 0 Å². The average molecular weight is 467 g/mol. The summed E-state index contributed by atoms with van der Waals surface area (Å²) in [7, 11) is 3.97. The van der Waals surface area contributed by atoms with E-state index in [0.717, 1.165) is 5.39 Å². The highest BCUT2D eigenvalue weighted by molar-refractivity contribution is 5.96. The molecule has 0 bridgehead atoms. The fourth-order valence-electron chi connectivity index (χ4n) is 4.03. The molecule has 3 heterocycles. The maximum atomic E-state index is 13.2. The highest BCUT2D eigenvalue weighted by Gasteiger charge is 2.32. The number of rotatable bonds is 6. The largest absolute Gasteiger partial charge is 0.433 e. The summed E-state index contributed by atoms with van der Waals surface area (Å²) in [5.41, 5.74) is 15.4. The van der Waals surface area contributed by atoms with Gasteiger partial charge in [0.2, 0.25) is 0 Å². The molecule has 0 atom stereocenters. The predicted molar refractivity (Wildman–Crippen MR) is 126 cm³/mol. The molecular weight excluding hydrogens is 444 g/mol. The molecule has 1 aliphatic rings. The maximum absolute atomic E-state index is 13.2. The number of likely N-dealkylation sites (N-methyl/N-ethyl adjacent to an activating group) is 1. The van der Waals surface area contributed by atoms with Gasteiger partial charge in [-0.25, -0.2) is 9.97 Å². The van der Waals surface area contributed by atoms with Crippen LogP contribution in [-0.2, 0) is 0 Å². The number of nitrogen functional groups attached to an aromatic ring is 2. The van der Waals surface area contributed by atoms with Crippen LogP contribution in [0.2, 0.25) is 0 Å². The van der Waals surface area contributed by atoms with Gasteiger partial charge in [0, 0.05) is 31.4 Å². The van der Waals surface area contributed by atoms with Crippen LogP contribution >= 0.6 is 0 Å². The van der Waals surface area contributed by atoms with Crippen LogP contribution in [0, 0.1) is 0 Å². The summed E-state index contributed by atoms with van der Waals surface area (Å²) < 4.78 is 36.4. The van der Waals surface area contributed by atoms with Gasteiger partial charge in [0.25, 0.3) is 0 Å². The van der Waals surface area contributed by atoms with E-state index in [0.29, 0.717) is 47.5 Å². The number of halogens is 2. The fraction of sp³-hybridized carbons (Fsp3) is 0.261. The van der Waals surface area contributed by atoms with Gasteiger partial charge in [0.15, 0.2) is 17.2 Å². The van der Waals surface area contributed by atoms with Crippen LogP contribution in [0.3, 0.4) is 0 Å². The van der Waals surface area contributed by atoms with Crippen molar-refractivity contribution in [3.63, 3.8) is 0 Å². The third-order valence-electron chi connectivity index (χ3n) is 6.00. The first kappa shape index (κ1) is 21.8. The Labute approximate surface area is 193 Å². The molecule has 4 aromatic rings. The standard InChI is InChI=1S/C23H23F2N7O2/c1-31(2)12-10-32(11-12)15-9-17(33-23(24)25)20(27)18(19(15)26)22-28-8-7-14(29-22)21-13-5-3-4-6-16(13)34-30-21/h3-9,12,23H,10-11,26-27H2,1-2H3. The molecule has 34 heavy (non-hydrogen) atoms. The minimum absolute atomic E-state index is 0.0617. The lowest BCUT2D eigenvalue weighted by molar-refractivity contribution is -0.0492. The van der Waals surface area contributed by atoms with E-state index in [2.05, 4.69) is 20.0 Å². The quantitative estimate of drug-likeness (QED) is 0.411. The topological polar surface area (TPSA) is 120 Å². The molecule has 0 amide bonds. The number of nitrogens with zero attached hydrogens (tertiary/aromatic N) is 5. The number of fused-ring (bicyclic) bond motifs is 1. The van der Waals surface area contributed by atoms with Gasteiger partial charge in [-0.05, 0) is 32.3 Å². The summed E-state index contributed by atoms with van der Waals surface area (Å²) in [6.07, 6.45) is 1.53. The van der Waals surface area contributed by atoms with E-state index >= 15 is 0 Å². The van der Waals surface area contributed by atoms with Crippen molar-refractivity contribution in [1.82, 2.24) is 20.0 Å². The van der Waals surface area contributed by atoms with Crippen LogP contribution in [-0.4, -0.2) is 59.9 Å². The molecule has 9 nitrogen and oxygen atoms in total. The van der Waals surface area contributed by atoms with E-state index in [1.807, 2.05) is 37.2 Å². The van der Waals surface area contributed by atoms with Crippen molar-refractivity contribution in [3.05, 3.63) is 42.6 Å². The van der Waals surface area contributed by atoms with Crippen molar-refractivity contribution in [2.24, 2.45) is 0 Å². The summed E-state index contributed by atoms with van der Waals surface area (Å²) in [5.74, 6) is -0.00591. The van der Waals surface area contributed by atoms with E-state index in [4.69, 9.17) is 20.7 Å². The van der Waals surface area contributed by atoms with Crippen LogP contribution < -0.4 is 21.1 Å². The first-order chi connectivity index (χ1) is 16.3. The molecule has 4 N–H and O–H groups in total. The fourth-order valence-corrected chi connectivity index (χ4v) is 4.03. The molecule has 1 saturated heterocycles. The summed E-state index contributed by atoms with van der Waals surface area (Å²) >= 11 is 0. The van der Waals surface area contributed by atoms with Crippen LogP contribution in [0.25, 0.3) is 33.7 Å². The second-order valence-corrected chi connectivity index (χ2v) is 8.29. The molecule has 0 radical (unpaired) electrons. The zero-order chi connectivity index (χ0) is 24.0. The SMILES string of the molecule is CN(C)C1CN(c2cc(OC(F)F)c(N)c(-c3nccc(-c4noc5ccccc45)n3)c2N)C1. The second-order valence-electron chi connectivity index (χ2n) is 8.29. The lowest BCUT2D eigenvalue weighted by Crippen LogP contribution is -2.57. The number of hydrogen-bond acceptors (Lipinski definition) is 9. The summed E-state index contributed by atoms with van der Waals surface area (Å²) in [4.78, 5) is 13.0. The Kier molecular flexibility index (Phi) is 5.40. The van der Waals surface area contributed by atoms with Crippen LogP contribution in [0.1, 0.15) is 0 Å². The number of para-hydroxylation sites is 1. The summed E-state index contributed by atoms with van der Waals surface area (Å²) in [5, 5.41) is 4.91. The molecule has 0 spiro atoms. The zero-order valence-electron chi connectivity index (χ0n) is 18.6. The Hall–Kier alpha value is -3.99. The molecular formula is C23H23F2N7O2. The first-order valence-corrected chi connectivity index (χ1v) is 10.6. The van der Waals surface area contributed by atoms with Gasteiger partial charge in [0.05, 0.1) is 33.7 Å². The molecule has 0 unspecified atom stereocenters. The Balaban J connectivity index is 1.62. The molecule has 2 aromatic carbocycles. The number of benzene rings is 2. The Morgan fingerprint density at radius 1 is 1.15 bits per heavy atom. The summed E-state index contributed by atoms with van der Waals surface area (Å²) in [6, 6.07) is 10.8. The number of nitrogens with two attached hydrogens (primary N) is 2. The molecule has 176 valence electrons. The predicted octanol–water partition coefficient (Wildman–Crippen LogP) is 3.47. The first-order valence-electron chi connectivity index (χ1n) is 10.6. The third kappa shape index (κ3) is 3.73. The highest BCUT2D eigenvalue weighted by atomic mass is 19.3. The minimum atomic E-state index is -3.05. The molecule has 2 aromatic heterocycles. The van der Waals surface area contributed by atoms with Crippen molar-refractivity contribution in [2.75, 3.05) is 43.6 Å². The van der Waals surface area contributed by atoms with E-state index in [1.165, 1.54) is 12.3 Å². The number of ether oxygens (including phenoxy) is 1. The van der Waals surface area contributed by atoms with Crippen LogP contribution in [0.4, 0.5) is 25.8 Å². The maximum Gasteiger partial charge on any atom is 0.387 e. The lowest BCUT2D eigenvalue weighted by atomic mass is 10.0. The van der Waals surface area contributed by atoms with Crippen molar-refractivity contribution in [1.29, 1.82) is 0 Å². The van der Waals surface area contributed by atoms with Gasteiger partial charge >= 0.3 is 6.61 Å². The molecule has 1 aliphatic heterocycles. The zero-order valence-corrected chi connectivity index (χ0v) is 18.6. The Bertz CT molecular complexity index is 1350. The van der Waals surface area contributed by atoms with Crippen molar-refractivity contribution < 1.29 is 18.0 Å². The number of anilines is 3. The van der Waals surface area contributed by atoms with E-state index in [9.17, 15) is 8.78 Å². The monoisotopic (exact) mass is 467 g/mol. The number of hydrogen-bond donors (Lipinski definition) is 2. The summed E-state index contributed by atoms with van der Waals surface area (Å²) in [6.45, 7) is -1.69. The van der Waals surface area contributed by atoms with E-state index in [-0.39, 0.29) is 22.8 Å². The molecule has 5 rings (SSSR count). The van der Waals surface area contributed by atoms with Crippen molar-refractivity contribution in [3.8, 4) is 28.5 Å².